The van der Waals surface area contributed by atoms with Crippen LogP contribution in [0.2, 0.25) is 5.02 Å². The van der Waals surface area contributed by atoms with Crippen LogP contribution in [0.5, 0.6) is 0 Å². The summed E-state index contributed by atoms with van der Waals surface area (Å²) in [6.45, 7) is 1.60. The minimum atomic E-state index is -1.07. The molecule has 5 heteroatoms. The summed E-state index contributed by atoms with van der Waals surface area (Å²) in [5, 5.41) is 9.38. The molecule has 1 amide bonds. The van der Waals surface area contributed by atoms with E-state index in [4.69, 9.17) is 11.6 Å². The summed E-state index contributed by atoms with van der Waals surface area (Å²) in [5.41, 5.74) is 2.20. The van der Waals surface area contributed by atoms with Gasteiger partial charge in [-0.3, -0.25) is 4.79 Å². The first-order chi connectivity index (χ1) is 11.1. The Balaban J connectivity index is 1.95. The third-order valence-electron chi connectivity index (χ3n) is 4.03. The number of amides is 1. The lowest BCUT2D eigenvalue weighted by atomic mass is 10.0. The highest BCUT2D eigenvalue weighted by molar-refractivity contribution is 6.33. The molecule has 0 spiro atoms. The second-order valence-electron chi connectivity index (χ2n) is 5.58. The molecule has 0 radical (unpaired) electrons. The zero-order chi connectivity index (χ0) is 16.4. The molecule has 1 aliphatic heterocycles. The Morgan fingerprint density at radius 2 is 1.70 bits per heavy atom. The molecule has 1 N–H and O–H groups in total. The molecule has 0 bridgehead atoms. The van der Waals surface area contributed by atoms with Crippen molar-refractivity contribution < 1.29 is 14.7 Å². The maximum Gasteiger partial charge on any atom is 0.337 e. The highest BCUT2D eigenvalue weighted by Crippen LogP contribution is 2.26. The van der Waals surface area contributed by atoms with Gasteiger partial charge in [0.2, 0.25) is 0 Å². The Kier molecular flexibility index (Phi) is 4.35. The maximum atomic E-state index is 12.5. The smallest absolute Gasteiger partial charge is 0.337 e. The molecular weight excluding hydrogens is 314 g/mol. The molecule has 2 aromatic rings. The van der Waals surface area contributed by atoms with Gasteiger partial charge in [-0.2, -0.15) is 0 Å². The number of carbonyl (C=O) groups is 2. The van der Waals surface area contributed by atoms with Gasteiger partial charge in [0.25, 0.3) is 5.91 Å². The lowest BCUT2D eigenvalue weighted by molar-refractivity contribution is 0.0696. The second-order valence-corrected chi connectivity index (χ2v) is 5.99. The van der Waals surface area contributed by atoms with E-state index in [1.165, 1.54) is 6.07 Å². The van der Waals surface area contributed by atoms with Crippen molar-refractivity contribution in [2.75, 3.05) is 13.1 Å². The monoisotopic (exact) mass is 329 g/mol. The zero-order valence-corrected chi connectivity index (χ0v) is 13.2. The normalized spacial score (nSPS) is 14.0. The van der Waals surface area contributed by atoms with Crippen LogP contribution in [0.4, 0.5) is 0 Å². The molecule has 23 heavy (non-hydrogen) atoms. The maximum absolute atomic E-state index is 12.5. The van der Waals surface area contributed by atoms with Gasteiger partial charge in [-0.1, -0.05) is 29.8 Å². The number of carbonyl (C=O) groups excluding carboxylic acids is 1. The van der Waals surface area contributed by atoms with Crippen LogP contribution in [-0.2, 0) is 0 Å². The van der Waals surface area contributed by atoms with Gasteiger partial charge < -0.3 is 10.0 Å². The fourth-order valence-electron chi connectivity index (χ4n) is 2.80. The number of carboxylic acids is 1. The van der Waals surface area contributed by atoms with Crippen LogP contribution in [0.3, 0.4) is 0 Å². The molecular formula is C18H16ClNO3. The van der Waals surface area contributed by atoms with Crippen molar-refractivity contribution in [2.24, 2.45) is 0 Å². The van der Waals surface area contributed by atoms with Crippen molar-refractivity contribution in [2.45, 2.75) is 12.8 Å². The zero-order valence-electron chi connectivity index (χ0n) is 12.5. The van der Waals surface area contributed by atoms with Crippen LogP contribution in [0, 0.1) is 0 Å². The number of nitrogens with zero attached hydrogens (tertiary/aromatic N) is 1. The van der Waals surface area contributed by atoms with Gasteiger partial charge in [-0.05, 0) is 48.2 Å². The number of hydrogen-bond acceptors (Lipinski definition) is 2. The number of benzene rings is 2. The van der Waals surface area contributed by atoms with Crippen LogP contribution >= 0.6 is 11.6 Å². The van der Waals surface area contributed by atoms with E-state index in [9.17, 15) is 14.7 Å². The average molecular weight is 330 g/mol. The number of halogens is 1. The molecule has 4 nitrogen and oxygen atoms in total. The van der Waals surface area contributed by atoms with E-state index in [2.05, 4.69) is 0 Å². The van der Waals surface area contributed by atoms with Crippen LogP contribution < -0.4 is 0 Å². The van der Waals surface area contributed by atoms with Gasteiger partial charge in [-0.15, -0.1) is 0 Å². The quantitative estimate of drug-likeness (QED) is 0.927. The molecule has 1 fully saturated rings. The van der Waals surface area contributed by atoms with E-state index in [0.29, 0.717) is 5.56 Å². The first-order valence-electron chi connectivity index (χ1n) is 7.49. The SMILES string of the molecule is O=C(O)c1cc(-c2cccc(C(=O)N3CCCC3)c2)ccc1Cl. The molecule has 1 heterocycles. The number of hydrogen-bond donors (Lipinski definition) is 1. The largest absolute Gasteiger partial charge is 0.478 e. The van der Waals surface area contributed by atoms with Gasteiger partial charge in [0.15, 0.2) is 0 Å². The molecule has 0 aliphatic carbocycles. The molecule has 1 saturated heterocycles. The van der Waals surface area contributed by atoms with Gasteiger partial charge in [0.1, 0.15) is 0 Å². The Morgan fingerprint density at radius 3 is 2.39 bits per heavy atom. The molecule has 3 rings (SSSR count). The van der Waals surface area contributed by atoms with E-state index in [-0.39, 0.29) is 16.5 Å². The molecule has 0 aromatic heterocycles. The molecule has 0 saturated carbocycles. The van der Waals surface area contributed by atoms with E-state index < -0.39 is 5.97 Å². The summed E-state index contributed by atoms with van der Waals surface area (Å²) in [7, 11) is 0. The first-order valence-corrected chi connectivity index (χ1v) is 7.86. The Morgan fingerprint density at radius 1 is 1.00 bits per heavy atom. The van der Waals surface area contributed by atoms with Crippen LogP contribution in [0.1, 0.15) is 33.6 Å². The number of aromatic carboxylic acids is 1. The van der Waals surface area contributed by atoms with E-state index in [0.717, 1.165) is 37.1 Å². The van der Waals surface area contributed by atoms with Gasteiger partial charge in [-0.25, -0.2) is 4.79 Å². The second kappa shape index (κ2) is 6.42. The fourth-order valence-corrected chi connectivity index (χ4v) is 3.00. The van der Waals surface area contributed by atoms with Crippen molar-refractivity contribution in [3.8, 4) is 11.1 Å². The lowest BCUT2D eigenvalue weighted by Gasteiger charge is -2.15. The highest BCUT2D eigenvalue weighted by atomic mass is 35.5. The number of likely N-dealkylation sites (tertiary alicyclic amines) is 1. The van der Waals surface area contributed by atoms with E-state index >= 15 is 0 Å². The Bertz CT molecular complexity index is 767. The molecule has 0 unspecified atom stereocenters. The van der Waals surface area contributed by atoms with Crippen LogP contribution in [0.15, 0.2) is 42.5 Å². The van der Waals surface area contributed by atoms with Crippen molar-refractivity contribution in [1.29, 1.82) is 0 Å². The van der Waals surface area contributed by atoms with E-state index in [1.807, 2.05) is 17.0 Å². The predicted molar refractivity (Wildman–Crippen MR) is 89.0 cm³/mol. The summed E-state index contributed by atoms with van der Waals surface area (Å²) >= 11 is 5.90. The summed E-state index contributed by atoms with van der Waals surface area (Å²) in [6.07, 6.45) is 2.09. The third kappa shape index (κ3) is 3.22. The molecule has 1 aliphatic rings. The number of rotatable bonds is 3. The summed E-state index contributed by atoms with van der Waals surface area (Å²) < 4.78 is 0. The van der Waals surface area contributed by atoms with Crippen molar-refractivity contribution >= 4 is 23.5 Å². The third-order valence-corrected chi connectivity index (χ3v) is 4.36. The van der Waals surface area contributed by atoms with Crippen molar-refractivity contribution in [3.05, 3.63) is 58.6 Å². The van der Waals surface area contributed by atoms with Crippen molar-refractivity contribution in [1.82, 2.24) is 4.90 Å². The van der Waals surface area contributed by atoms with Gasteiger partial charge in [0, 0.05) is 18.7 Å². The van der Waals surface area contributed by atoms with Gasteiger partial charge in [0.05, 0.1) is 10.6 Å². The minimum absolute atomic E-state index is 0.0248. The van der Waals surface area contributed by atoms with Gasteiger partial charge >= 0.3 is 5.97 Å². The average Bonchev–Trinajstić information content (AvgIpc) is 3.09. The standard InChI is InChI=1S/C18H16ClNO3/c19-16-7-6-13(11-15(16)18(22)23)12-4-3-5-14(10-12)17(21)20-8-1-2-9-20/h3-7,10-11H,1-2,8-9H2,(H,22,23). The Hall–Kier alpha value is -2.33. The highest BCUT2D eigenvalue weighted by Gasteiger charge is 2.19. The summed E-state index contributed by atoms with van der Waals surface area (Å²) in [6, 6.07) is 12.1. The Labute approximate surface area is 139 Å². The fraction of sp³-hybridized carbons (Fsp3) is 0.222. The molecule has 2 aromatic carbocycles. The van der Waals surface area contributed by atoms with Crippen molar-refractivity contribution in [3.63, 3.8) is 0 Å². The minimum Gasteiger partial charge on any atom is -0.478 e. The first kappa shape index (κ1) is 15.6. The lowest BCUT2D eigenvalue weighted by Crippen LogP contribution is -2.27. The molecule has 0 atom stereocenters. The predicted octanol–water partition coefficient (Wildman–Crippen LogP) is 3.94. The number of carboxylic acid groups (broad SMARTS) is 1. The van der Waals surface area contributed by atoms with Crippen LogP contribution in [-0.4, -0.2) is 35.0 Å². The summed E-state index contributed by atoms with van der Waals surface area (Å²) in [4.78, 5) is 25.5. The summed E-state index contributed by atoms with van der Waals surface area (Å²) in [5.74, 6) is -1.04. The van der Waals surface area contributed by atoms with Crippen LogP contribution in [0.25, 0.3) is 11.1 Å². The topological polar surface area (TPSA) is 57.6 Å². The van der Waals surface area contributed by atoms with E-state index in [1.54, 1.807) is 24.3 Å². The molecule has 118 valence electrons.